The van der Waals surface area contributed by atoms with Gasteiger partial charge >= 0.3 is 0 Å². The molecule has 0 atom stereocenters. The lowest BCUT2D eigenvalue weighted by atomic mass is 10.0. The van der Waals surface area contributed by atoms with Crippen molar-refractivity contribution in [3.05, 3.63) is 115 Å². The van der Waals surface area contributed by atoms with E-state index in [9.17, 15) is 0 Å². The largest absolute Gasteiger partial charge is 0.213 e. The van der Waals surface area contributed by atoms with E-state index in [0.29, 0.717) is 11.6 Å². The summed E-state index contributed by atoms with van der Waals surface area (Å²) in [5, 5.41) is 0. The Morgan fingerprint density at radius 3 is 1.29 bits per heavy atom. The van der Waals surface area contributed by atoms with Crippen molar-refractivity contribution in [2.45, 2.75) is 33.6 Å². The van der Waals surface area contributed by atoms with Crippen LogP contribution in [-0.4, -0.2) is 15.0 Å². The summed E-state index contributed by atoms with van der Waals surface area (Å²) in [5.74, 6) is 2.26. The maximum absolute atomic E-state index is 4.90. The van der Waals surface area contributed by atoms with Gasteiger partial charge in [0, 0.05) is 17.5 Å². The molecule has 0 saturated carbocycles. The minimum atomic E-state index is 0.714. The molecular formula is C32H31N3. The first-order chi connectivity index (χ1) is 17.3. The fourth-order valence-corrected chi connectivity index (χ4v) is 3.95. The van der Waals surface area contributed by atoms with Gasteiger partial charge in [0.2, 0.25) is 0 Å². The number of rotatable bonds is 6. The Balaban J connectivity index is 0.00000141. The van der Waals surface area contributed by atoms with E-state index < -0.39 is 0 Å². The minimum Gasteiger partial charge on any atom is -0.213 e. The van der Waals surface area contributed by atoms with Crippen LogP contribution in [0.5, 0.6) is 0 Å². The van der Waals surface area contributed by atoms with Crippen LogP contribution in [0, 0.1) is 0 Å². The normalized spacial score (nSPS) is 10.4. The topological polar surface area (TPSA) is 38.7 Å². The molecule has 0 unspecified atom stereocenters. The first kappa shape index (κ1) is 24.0. The van der Waals surface area contributed by atoms with Crippen molar-refractivity contribution in [1.82, 2.24) is 15.0 Å². The van der Waals surface area contributed by atoms with Crippen molar-refractivity contribution in [1.29, 1.82) is 0 Å². The van der Waals surface area contributed by atoms with E-state index in [-0.39, 0.29) is 0 Å². The summed E-state index contributed by atoms with van der Waals surface area (Å²) in [6, 6.07) is 37.6. The SMILES string of the molecule is CC.CCCc1nc(-c2cccc(-c3ccccc3)c2)nc(-c2cccc(-c3ccccc3)c2)n1. The third-order valence-electron chi connectivity index (χ3n) is 5.61. The third kappa shape index (κ3) is 5.88. The molecule has 5 rings (SSSR count). The van der Waals surface area contributed by atoms with Gasteiger partial charge in [-0.05, 0) is 40.8 Å². The lowest BCUT2D eigenvalue weighted by Gasteiger charge is -2.10. The van der Waals surface area contributed by atoms with Crippen molar-refractivity contribution in [2.24, 2.45) is 0 Å². The fraction of sp³-hybridized carbons (Fsp3) is 0.156. The first-order valence-corrected chi connectivity index (χ1v) is 12.4. The molecular weight excluding hydrogens is 426 g/mol. The highest BCUT2D eigenvalue weighted by atomic mass is 15.0. The highest BCUT2D eigenvalue weighted by molar-refractivity contribution is 5.73. The van der Waals surface area contributed by atoms with Gasteiger partial charge in [-0.25, -0.2) is 15.0 Å². The monoisotopic (exact) mass is 457 g/mol. The van der Waals surface area contributed by atoms with Gasteiger partial charge in [0.15, 0.2) is 11.6 Å². The van der Waals surface area contributed by atoms with Crippen LogP contribution in [-0.2, 0) is 6.42 Å². The Morgan fingerprint density at radius 2 is 0.857 bits per heavy atom. The van der Waals surface area contributed by atoms with Crippen molar-refractivity contribution >= 4 is 0 Å². The highest BCUT2D eigenvalue weighted by Crippen LogP contribution is 2.28. The second kappa shape index (κ2) is 11.8. The van der Waals surface area contributed by atoms with Gasteiger partial charge in [0.25, 0.3) is 0 Å². The minimum absolute atomic E-state index is 0.714. The average molecular weight is 458 g/mol. The number of nitrogens with zero attached hydrogens (tertiary/aromatic N) is 3. The number of hydrogen-bond acceptors (Lipinski definition) is 3. The van der Waals surface area contributed by atoms with Gasteiger partial charge in [-0.3, -0.25) is 0 Å². The fourth-order valence-electron chi connectivity index (χ4n) is 3.95. The number of benzene rings is 4. The zero-order valence-electron chi connectivity index (χ0n) is 20.6. The molecule has 4 aromatic carbocycles. The number of hydrogen-bond donors (Lipinski definition) is 0. The van der Waals surface area contributed by atoms with Crippen LogP contribution in [0.25, 0.3) is 45.0 Å². The van der Waals surface area contributed by atoms with Gasteiger partial charge in [-0.2, -0.15) is 0 Å². The smallest absolute Gasteiger partial charge is 0.163 e. The van der Waals surface area contributed by atoms with Crippen molar-refractivity contribution in [3.63, 3.8) is 0 Å². The van der Waals surface area contributed by atoms with Gasteiger partial charge in [-0.1, -0.05) is 118 Å². The molecule has 0 amide bonds. The molecule has 35 heavy (non-hydrogen) atoms. The zero-order chi connectivity index (χ0) is 24.5. The molecule has 0 saturated heterocycles. The van der Waals surface area contributed by atoms with E-state index in [4.69, 9.17) is 15.0 Å². The molecule has 0 aliphatic carbocycles. The van der Waals surface area contributed by atoms with Crippen molar-refractivity contribution in [3.8, 4) is 45.0 Å². The maximum Gasteiger partial charge on any atom is 0.163 e. The molecule has 0 N–H and O–H groups in total. The van der Waals surface area contributed by atoms with Crippen LogP contribution in [0.2, 0.25) is 0 Å². The van der Waals surface area contributed by atoms with Crippen molar-refractivity contribution in [2.75, 3.05) is 0 Å². The summed E-state index contributed by atoms with van der Waals surface area (Å²) >= 11 is 0. The van der Waals surface area contributed by atoms with Gasteiger partial charge in [0.1, 0.15) is 5.82 Å². The van der Waals surface area contributed by atoms with E-state index in [0.717, 1.165) is 40.9 Å². The van der Waals surface area contributed by atoms with Crippen LogP contribution in [0.15, 0.2) is 109 Å². The molecule has 1 heterocycles. The molecule has 3 heteroatoms. The summed E-state index contributed by atoms with van der Waals surface area (Å²) in [7, 11) is 0. The Kier molecular flexibility index (Phi) is 8.13. The number of aryl methyl sites for hydroxylation is 1. The standard InChI is InChI=1S/C30H25N3.C2H6/c1-2-11-28-31-29(26-18-9-16-24(20-26)22-12-5-3-6-13-22)33-30(32-28)27-19-10-17-25(21-27)23-14-7-4-8-15-23;1-2/h3-10,12-21H,2,11H2,1H3;1-2H3. The average Bonchev–Trinajstić information content (AvgIpc) is 2.95. The second-order valence-electron chi connectivity index (χ2n) is 8.04. The predicted octanol–water partition coefficient (Wildman–Crippen LogP) is 8.52. The Bertz CT molecular complexity index is 1260. The lowest BCUT2D eigenvalue weighted by molar-refractivity contribution is 0.823. The molecule has 0 aliphatic rings. The van der Waals surface area contributed by atoms with E-state index in [2.05, 4.69) is 104 Å². The highest BCUT2D eigenvalue weighted by Gasteiger charge is 2.12. The molecule has 0 spiro atoms. The summed E-state index contributed by atoms with van der Waals surface area (Å²) in [6.07, 6.45) is 1.80. The molecule has 0 aliphatic heterocycles. The van der Waals surface area contributed by atoms with Gasteiger partial charge in [-0.15, -0.1) is 0 Å². The van der Waals surface area contributed by atoms with Crippen LogP contribution < -0.4 is 0 Å². The summed E-state index contributed by atoms with van der Waals surface area (Å²) < 4.78 is 0. The molecule has 174 valence electrons. The third-order valence-corrected chi connectivity index (χ3v) is 5.61. The van der Waals surface area contributed by atoms with Crippen molar-refractivity contribution < 1.29 is 0 Å². The molecule has 5 aromatic rings. The van der Waals surface area contributed by atoms with E-state index in [1.807, 2.05) is 26.0 Å². The van der Waals surface area contributed by atoms with Crippen LogP contribution in [0.1, 0.15) is 33.0 Å². The zero-order valence-corrected chi connectivity index (χ0v) is 20.6. The first-order valence-electron chi connectivity index (χ1n) is 12.4. The lowest BCUT2D eigenvalue weighted by Crippen LogP contribution is -2.03. The molecule has 0 fully saturated rings. The Labute approximate surface area is 208 Å². The van der Waals surface area contributed by atoms with Gasteiger partial charge < -0.3 is 0 Å². The van der Waals surface area contributed by atoms with Gasteiger partial charge in [0.05, 0.1) is 0 Å². The summed E-state index contributed by atoms with van der Waals surface area (Å²) in [4.78, 5) is 14.5. The van der Waals surface area contributed by atoms with Crippen LogP contribution in [0.3, 0.4) is 0 Å². The predicted molar refractivity (Wildman–Crippen MR) is 147 cm³/mol. The molecule has 1 aromatic heterocycles. The van der Waals surface area contributed by atoms with Crippen LogP contribution in [0.4, 0.5) is 0 Å². The van der Waals surface area contributed by atoms with E-state index >= 15 is 0 Å². The quantitative estimate of drug-likeness (QED) is 0.256. The summed E-state index contributed by atoms with van der Waals surface area (Å²) in [6.45, 7) is 6.15. The summed E-state index contributed by atoms with van der Waals surface area (Å²) in [5.41, 5.74) is 6.65. The molecule has 3 nitrogen and oxygen atoms in total. The van der Waals surface area contributed by atoms with E-state index in [1.54, 1.807) is 0 Å². The second-order valence-corrected chi connectivity index (χ2v) is 8.04. The molecule has 0 radical (unpaired) electrons. The Hall–Kier alpha value is -4.11. The van der Waals surface area contributed by atoms with E-state index in [1.165, 1.54) is 11.1 Å². The number of aromatic nitrogens is 3. The van der Waals surface area contributed by atoms with Crippen LogP contribution >= 0.6 is 0 Å². The molecule has 0 bridgehead atoms. The Morgan fingerprint density at radius 1 is 0.457 bits per heavy atom. The maximum atomic E-state index is 4.90.